The summed E-state index contributed by atoms with van der Waals surface area (Å²) in [5, 5.41) is 0. The van der Waals surface area contributed by atoms with Crippen LogP contribution in [0.25, 0.3) is 67.3 Å². The van der Waals surface area contributed by atoms with Gasteiger partial charge in [-0.05, 0) is 51.6 Å². The quantitative estimate of drug-likeness (QED) is 0.174. The van der Waals surface area contributed by atoms with Gasteiger partial charge in [-0.25, -0.2) is 9.97 Å². The molecule has 4 aliphatic rings. The van der Waals surface area contributed by atoms with Gasteiger partial charge in [-0.3, -0.25) is 0 Å². The van der Waals surface area contributed by atoms with E-state index in [1.54, 1.807) is 0 Å². The molecule has 2 aliphatic carbocycles. The van der Waals surface area contributed by atoms with Gasteiger partial charge in [-0.2, -0.15) is 0 Å². The van der Waals surface area contributed by atoms with E-state index in [4.69, 9.17) is 19.4 Å². The maximum atomic E-state index is 7.11. The predicted octanol–water partition coefficient (Wildman–Crippen LogP) is 14.3. The Morgan fingerprint density at radius 1 is 0.397 bits per heavy atom. The summed E-state index contributed by atoms with van der Waals surface area (Å²) in [4.78, 5) is 10.5. The fourth-order valence-corrected chi connectivity index (χ4v) is 10.6. The van der Waals surface area contributed by atoms with Gasteiger partial charge in [0, 0.05) is 50.4 Å². The molecule has 296 valence electrons. The predicted molar refractivity (Wildman–Crippen MR) is 252 cm³/mol. The third-order valence-corrected chi connectivity index (χ3v) is 13.4. The Hall–Kier alpha value is -8.08. The summed E-state index contributed by atoms with van der Waals surface area (Å²) < 4.78 is 13.6. The van der Waals surface area contributed by atoms with Crippen LogP contribution in [0.4, 0.5) is 0 Å². The molecule has 0 saturated heterocycles. The highest BCUT2D eigenvalue weighted by Gasteiger charge is 2.51. The van der Waals surface area contributed by atoms with Gasteiger partial charge < -0.3 is 9.47 Å². The zero-order valence-electron chi connectivity index (χ0n) is 34.2. The molecule has 8 aromatic carbocycles. The van der Waals surface area contributed by atoms with E-state index in [0.29, 0.717) is 5.82 Å². The van der Waals surface area contributed by atoms with Crippen molar-refractivity contribution in [3.63, 3.8) is 0 Å². The molecule has 0 N–H and O–H groups in total. The molecule has 0 saturated carbocycles. The van der Waals surface area contributed by atoms with Crippen LogP contribution in [0.3, 0.4) is 0 Å². The summed E-state index contributed by atoms with van der Waals surface area (Å²) in [5.41, 5.74) is 16.9. The van der Waals surface area contributed by atoms with Gasteiger partial charge in [0.05, 0.1) is 16.8 Å². The summed E-state index contributed by atoms with van der Waals surface area (Å²) in [5.74, 6) is 3.58. The van der Waals surface area contributed by atoms with Gasteiger partial charge in [0.15, 0.2) is 5.82 Å². The Morgan fingerprint density at radius 2 is 0.984 bits per heavy atom. The molecule has 4 heteroatoms. The van der Waals surface area contributed by atoms with Crippen LogP contribution in [0, 0.1) is 0 Å². The number of allylic oxidation sites excluding steroid dienone is 2. The van der Waals surface area contributed by atoms with Gasteiger partial charge in [0.25, 0.3) is 0 Å². The standard InChI is InChI=1S/C59H38N2O2/c1-2-16-39(17-3-1)58-60-52(38-34-32-37(33-35-38)40-23-14-24-47-45-22-8-12-30-54(45)62-56(40)47)36-53(61-58)44-21-5-4-18-41(44)46-25-15-29-51-57(46)63-55-31-13-11-28-50(55)59(51)48-26-9-6-19-42(48)43-20-7-10-27-49(43)59/h1-36,45,54H. The first-order valence-electron chi connectivity index (χ1n) is 21.6. The lowest BCUT2D eigenvalue weighted by Crippen LogP contribution is -2.32. The van der Waals surface area contributed by atoms with Crippen molar-refractivity contribution in [2.75, 3.05) is 0 Å². The maximum Gasteiger partial charge on any atom is 0.160 e. The molecule has 2 aliphatic heterocycles. The third-order valence-electron chi connectivity index (χ3n) is 13.4. The van der Waals surface area contributed by atoms with Crippen LogP contribution in [0.5, 0.6) is 17.2 Å². The zero-order valence-corrected chi connectivity index (χ0v) is 34.2. The average molecular weight is 807 g/mol. The van der Waals surface area contributed by atoms with E-state index in [-0.39, 0.29) is 12.0 Å². The van der Waals surface area contributed by atoms with Crippen molar-refractivity contribution in [2.45, 2.75) is 17.4 Å². The number of fused-ring (bicyclic) bond motifs is 12. The van der Waals surface area contributed by atoms with Gasteiger partial charge in [-0.15, -0.1) is 0 Å². The number of ether oxygens (including phenoxy) is 2. The SMILES string of the molecule is C1=CC2Oc3c(-c4ccc(-c5cc(-c6ccccc6-c6cccc7c6Oc6ccccc6C76c7ccccc7-c7ccccc76)nc(-c6ccccc6)n5)cc4)cccc3C2C=C1. The lowest BCUT2D eigenvalue weighted by molar-refractivity contribution is 0.270. The molecule has 3 heterocycles. The molecule has 0 bridgehead atoms. The summed E-state index contributed by atoms with van der Waals surface area (Å²) >= 11 is 0. The van der Waals surface area contributed by atoms with Crippen LogP contribution in [-0.4, -0.2) is 16.1 Å². The molecule has 4 nitrogen and oxygen atoms in total. The van der Waals surface area contributed by atoms with E-state index in [0.717, 1.165) is 78.7 Å². The van der Waals surface area contributed by atoms with E-state index in [1.165, 1.54) is 27.8 Å². The fraction of sp³-hybridized carbons (Fsp3) is 0.0508. The zero-order chi connectivity index (χ0) is 41.5. The lowest BCUT2D eigenvalue weighted by Gasteiger charge is -2.40. The smallest absolute Gasteiger partial charge is 0.160 e. The number of aromatic nitrogens is 2. The van der Waals surface area contributed by atoms with Gasteiger partial charge in [-0.1, -0.05) is 200 Å². The Labute approximate surface area is 366 Å². The molecule has 0 amide bonds. The fourth-order valence-electron chi connectivity index (χ4n) is 10.6. The second kappa shape index (κ2) is 14.0. The molecule has 0 radical (unpaired) electrons. The molecule has 1 spiro atoms. The second-order valence-electron chi connectivity index (χ2n) is 16.7. The largest absolute Gasteiger partial charge is 0.484 e. The van der Waals surface area contributed by atoms with Crippen LogP contribution in [-0.2, 0) is 5.41 Å². The molecular formula is C59H38N2O2. The van der Waals surface area contributed by atoms with Crippen LogP contribution < -0.4 is 9.47 Å². The Bertz CT molecular complexity index is 3320. The minimum atomic E-state index is -0.560. The Kier molecular flexibility index (Phi) is 7.91. The topological polar surface area (TPSA) is 44.2 Å². The maximum absolute atomic E-state index is 7.11. The number of para-hydroxylation sites is 3. The van der Waals surface area contributed by atoms with E-state index >= 15 is 0 Å². The van der Waals surface area contributed by atoms with Crippen LogP contribution >= 0.6 is 0 Å². The van der Waals surface area contributed by atoms with Gasteiger partial charge in [0.2, 0.25) is 0 Å². The highest BCUT2D eigenvalue weighted by molar-refractivity contribution is 5.93. The molecule has 2 atom stereocenters. The summed E-state index contributed by atoms with van der Waals surface area (Å²) in [6, 6.07) is 69.0. The van der Waals surface area contributed by atoms with Crippen molar-refractivity contribution in [3.8, 4) is 84.5 Å². The summed E-state index contributed by atoms with van der Waals surface area (Å²) in [6.07, 6.45) is 8.61. The van der Waals surface area contributed by atoms with Crippen molar-refractivity contribution < 1.29 is 9.47 Å². The normalized spacial score (nSPS) is 16.5. The number of hydrogen-bond acceptors (Lipinski definition) is 4. The van der Waals surface area contributed by atoms with E-state index in [9.17, 15) is 0 Å². The highest BCUT2D eigenvalue weighted by Crippen LogP contribution is 2.63. The third kappa shape index (κ3) is 5.34. The number of rotatable bonds is 5. The van der Waals surface area contributed by atoms with Gasteiger partial charge in [0.1, 0.15) is 23.4 Å². The van der Waals surface area contributed by atoms with Crippen LogP contribution in [0.2, 0.25) is 0 Å². The minimum Gasteiger partial charge on any atom is -0.484 e. The molecule has 9 aromatic rings. The lowest BCUT2D eigenvalue weighted by atomic mass is 9.65. The molecule has 1 aromatic heterocycles. The monoisotopic (exact) mass is 806 g/mol. The molecule has 13 rings (SSSR count). The number of benzene rings is 8. The molecule has 63 heavy (non-hydrogen) atoms. The highest BCUT2D eigenvalue weighted by atomic mass is 16.5. The molecular weight excluding hydrogens is 769 g/mol. The Balaban J connectivity index is 0.964. The number of hydrogen-bond donors (Lipinski definition) is 0. The first kappa shape index (κ1) is 35.7. The number of nitrogens with zero attached hydrogens (tertiary/aromatic N) is 2. The molecule has 0 fully saturated rings. The second-order valence-corrected chi connectivity index (χ2v) is 16.7. The first-order valence-corrected chi connectivity index (χ1v) is 21.6. The summed E-state index contributed by atoms with van der Waals surface area (Å²) in [6.45, 7) is 0. The first-order chi connectivity index (χ1) is 31.2. The van der Waals surface area contributed by atoms with Crippen molar-refractivity contribution in [3.05, 3.63) is 246 Å². The Morgan fingerprint density at radius 3 is 1.78 bits per heavy atom. The van der Waals surface area contributed by atoms with Gasteiger partial charge >= 0.3 is 0 Å². The van der Waals surface area contributed by atoms with Crippen molar-refractivity contribution in [2.24, 2.45) is 0 Å². The van der Waals surface area contributed by atoms with E-state index in [2.05, 4.69) is 200 Å². The van der Waals surface area contributed by atoms with Crippen LogP contribution in [0.1, 0.15) is 33.7 Å². The summed E-state index contributed by atoms with van der Waals surface area (Å²) in [7, 11) is 0. The molecule has 2 unspecified atom stereocenters. The van der Waals surface area contributed by atoms with E-state index in [1.807, 2.05) is 18.2 Å². The van der Waals surface area contributed by atoms with E-state index < -0.39 is 5.41 Å². The van der Waals surface area contributed by atoms with Crippen molar-refractivity contribution >= 4 is 0 Å². The van der Waals surface area contributed by atoms with Crippen molar-refractivity contribution in [1.82, 2.24) is 9.97 Å². The minimum absolute atomic E-state index is 0.0326. The van der Waals surface area contributed by atoms with Crippen LogP contribution in [0.15, 0.2) is 218 Å². The van der Waals surface area contributed by atoms with Crippen molar-refractivity contribution in [1.29, 1.82) is 0 Å². The average Bonchev–Trinajstić information content (AvgIpc) is 3.88.